The minimum absolute atomic E-state index is 0.316. The molecule has 0 unspecified atom stereocenters. The first kappa shape index (κ1) is 16.7. The number of aromatic nitrogens is 3. The van der Waals surface area contributed by atoms with Gasteiger partial charge >= 0.3 is 0 Å². The molecular formula is C20H22FN5. The molecule has 1 fully saturated rings. The van der Waals surface area contributed by atoms with E-state index < -0.39 is 0 Å². The monoisotopic (exact) mass is 351 g/mol. The van der Waals surface area contributed by atoms with Crippen molar-refractivity contribution in [3.8, 4) is 11.1 Å². The molecule has 1 aliphatic carbocycles. The van der Waals surface area contributed by atoms with Gasteiger partial charge in [0, 0.05) is 24.0 Å². The summed E-state index contributed by atoms with van der Waals surface area (Å²) in [5.41, 5.74) is 4.60. The fourth-order valence-corrected chi connectivity index (χ4v) is 3.04. The number of hydrogen-bond acceptors (Lipinski definition) is 4. The van der Waals surface area contributed by atoms with Crippen molar-refractivity contribution in [2.75, 3.05) is 11.9 Å². The second-order valence-corrected chi connectivity index (χ2v) is 7.15. The Morgan fingerprint density at radius 3 is 2.85 bits per heavy atom. The number of benzene rings is 1. The van der Waals surface area contributed by atoms with Crippen molar-refractivity contribution in [3.05, 3.63) is 42.0 Å². The van der Waals surface area contributed by atoms with E-state index in [1.165, 1.54) is 18.9 Å². The van der Waals surface area contributed by atoms with Crippen LogP contribution in [0.15, 0.2) is 35.6 Å². The summed E-state index contributed by atoms with van der Waals surface area (Å²) in [4.78, 5) is 8.71. The fraction of sp³-hybridized carbons (Fsp3) is 0.350. The lowest BCUT2D eigenvalue weighted by molar-refractivity contribution is 0.629. The molecule has 6 heteroatoms. The highest BCUT2D eigenvalue weighted by Crippen LogP contribution is 2.32. The van der Waals surface area contributed by atoms with Crippen molar-refractivity contribution < 1.29 is 4.39 Å². The molecule has 1 saturated carbocycles. The van der Waals surface area contributed by atoms with Gasteiger partial charge in [-0.2, -0.15) is 0 Å². The molecule has 0 radical (unpaired) electrons. The van der Waals surface area contributed by atoms with E-state index in [0.717, 1.165) is 40.4 Å². The number of aliphatic imine (C=N–C) groups is 1. The molecule has 2 aromatic heterocycles. The zero-order valence-electron chi connectivity index (χ0n) is 15.3. The van der Waals surface area contributed by atoms with Gasteiger partial charge in [-0.1, -0.05) is 0 Å². The van der Waals surface area contributed by atoms with Crippen LogP contribution in [0.4, 0.5) is 16.0 Å². The molecule has 1 N–H and O–H groups in total. The van der Waals surface area contributed by atoms with E-state index in [9.17, 15) is 4.39 Å². The Morgan fingerprint density at radius 2 is 2.15 bits per heavy atom. The topological polar surface area (TPSA) is 54.6 Å². The van der Waals surface area contributed by atoms with Crippen molar-refractivity contribution in [1.82, 2.24) is 14.6 Å². The number of nitrogens with one attached hydrogen (secondary N) is 1. The summed E-state index contributed by atoms with van der Waals surface area (Å²) >= 11 is 0. The number of aryl methyl sites for hydroxylation is 1. The predicted octanol–water partition coefficient (Wildman–Crippen LogP) is 4.78. The highest BCUT2D eigenvalue weighted by molar-refractivity contribution is 5.85. The first-order valence-electron chi connectivity index (χ1n) is 8.92. The minimum atomic E-state index is -0.316. The summed E-state index contributed by atoms with van der Waals surface area (Å²) < 4.78 is 16.3. The van der Waals surface area contributed by atoms with Gasteiger partial charge < -0.3 is 5.32 Å². The molecule has 0 saturated heterocycles. The molecule has 0 atom stereocenters. The van der Waals surface area contributed by atoms with Gasteiger partial charge in [0.15, 0.2) is 0 Å². The Kier molecular flexibility index (Phi) is 4.18. The summed E-state index contributed by atoms with van der Waals surface area (Å²) in [6, 6.07) is 5.43. The first-order chi connectivity index (χ1) is 12.5. The van der Waals surface area contributed by atoms with Crippen molar-refractivity contribution in [2.24, 2.45) is 10.9 Å². The predicted molar refractivity (Wildman–Crippen MR) is 103 cm³/mol. The summed E-state index contributed by atoms with van der Waals surface area (Å²) in [5.74, 6) is 1.06. The van der Waals surface area contributed by atoms with Crippen LogP contribution in [0.2, 0.25) is 0 Å². The van der Waals surface area contributed by atoms with Crippen LogP contribution in [0.1, 0.15) is 32.3 Å². The standard InChI is InChI=1S/C20H22FN5/c1-12(2)24-19-13(3)8-15(9-17(19)21)16-6-7-26-18(16)11-23-20(25-26)22-10-14-4-5-14/h6-9,11,14H,4-5,10H2,1-3H3,(H,22,25). The van der Waals surface area contributed by atoms with Crippen LogP contribution in [0, 0.1) is 18.7 Å². The van der Waals surface area contributed by atoms with E-state index in [-0.39, 0.29) is 5.82 Å². The quantitative estimate of drug-likeness (QED) is 0.673. The highest BCUT2D eigenvalue weighted by Gasteiger charge is 2.21. The van der Waals surface area contributed by atoms with Gasteiger partial charge in [0.2, 0.25) is 5.95 Å². The summed E-state index contributed by atoms with van der Waals surface area (Å²) in [6.45, 7) is 6.52. The van der Waals surface area contributed by atoms with E-state index in [4.69, 9.17) is 0 Å². The molecule has 1 aliphatic rings. The van der Waals surface area contributed by atoms with Gasteiger partial charge in [-0.15, -0.1) is 5.10 Å². The molecule has 1 aromatic carbocycles. The zero-order valence-corrected chi connectivity index (χ0v) is 15.3. The molecular weight excluding hydrogens is 329 g/mol. The summed E-state index contributed by atoms with van der Waals surface area (Å²) in [7, 11) is 0. The van der Waals surface area contributed by atoms with Crippen LogP contribution >= 0.6 is 0 Å². The lowest BCUT2D eigenvalue weighted by Gasteiger charge is -2.08. The number of halogens is 1. The van der Waals surface area contributed by atoms with Gasteiger partial charge in [-0.3, -0.25) is 4.99 Å². The maximum atomic E-state index is 14.6. The highest BCUT2D eigenvalue weighted by atomic mass is 19.1. The Bertz CT molecular complexity index is 974. The van der Waals surface area contributed by atoms with Gasteiger partial charge in [0.1, 0.15) is 11.5 Å². The van der Waals surface area contributed by atoms with Crippen molar-refractivity contribution >= 4 is 22.9 Å². The SMILES string of the molecule is CC(C)=Nc1c(C)cc(-c2ccn3nc(NCC4CC4)ncc23)cc1F. The minimum Gasteiger partial charge on any atom is -0.353 e. The van der Waals surface area contributed by atoms with E-state index in [2.05, 4.69) is 20.4 Å². The number of rotatable bonds is 5. The van der Waals surface area contributed by atoms with Crippen LogP contribution in [-0.2, 0) is 0 Å². The summed E-state index contributed by atoms with van der Waals surface area (Å²) in [5, 5.41) is 7.78. The molecule has 0 spiro atoms. The van der Waals surface area contributed by atoms with Crippen LogP contribution in [0.3, 0.4) is 0 Å². The van der Waals surface area contributed by atoms with Crippen molar-refractivity contribution in [1.29, 1.82) is 0 Å². The molecule has 0 aliphatic heterocycles. The molecule has 2 heterocycles. The van der Waals surface area contributed by atoms with E-state index in [1.807, 2.05) is 39.1 Å². The van der Waals surface area contributed by atoms with Crippen molar-refractivity contribution in [3.63, 3.8) is 0 Å². The number of fused-ring (bicyclic) bond motifs is 1. The van der Waals surface area contributed by atoms with Gasteiger partial charge in [0.05, 0.1) is 11.7 Å². The average Bonchev–Trinajstić information content (AvgIpc) is 3.33. The van der Waals surface area contributed by atoms with Gasteiger partial charge in [-0.25, -0.2) is 13.9 Å². The number of nitrogens with zero attached hydrogens (tertiary/aromatic N) is 4. The second kappa shape index (κ2) is 6.52. The van der Waals surface area contributed by atoms with Crippen LogP contribution in [0.25, 0.3) is 16.6 Å². The maximum Gasteiger partial charge on any atom is 0.241 e. The van der Waals surface area contributed by atoms with E-state index in [0.29, 0.717) is 11.6 Å². The normalized spacial score (nSPS) is 13.8. The van der Waals surface area contributed by atoms with Gasteiger partial charge in [-0.05, 0) is 68.9 Å². The third-order valence-electron chi connectivity index (χ3n) is 4.56. The third-order valence-corrected chi connectivity index (χ3v) is 4.56. The lowest BCUT2D eigenvalue weighted by atomic mass is 10.0. The Balaban J connectivity index is 1.69. The number of hydrogen-bond donors (Lipinski definition) is 1. The van der Waals surface area contributed by atoms with Crippen LogP contribution < -0.4 is 5.32 Å². The number of anilines is 1. The lowest BCUT2D eigenvalue weighted by Crippen LogP contribution is -2.08. The molecule has 3 aromatic rings. The van der Waals surface area contributed by atoms with Crippen molar-refractivity contribution in [2.45, 2.75) is 33.6 Å². The Labute approximate surface area is 152 Å². The van der Waals surface area contributed by atoms with Crippen LogP contribution in [-0.4, -0.2) is 26.9 Å². The largest absolute Gasteiger partial charge is 0.353 e. The molecule has 0 bridgehead atoms. The first-order valence-corrected chi connectivity index (χ1v) is 8.92. The second-order valence-electron chi connectivity index (χ2n) is 7.15. The Hall–Kier alpha value is -2.76. The summed E-state index contributed by atoms with van der Waals surface area (Å²) in [6.07, 6.45) is 6.23. The van der Waals surface area contributed by atoms with Crippen LogP contribution in [0.5, 0.6) is 0 Å². The smallest absolute Gasteiger partial charge is 0.241 e. The zero-order chi connectivity index (χ0) is 18.3. The fourth-order valence-electron chi connectivity index (χ4n) is 3.04. The molecule has 4 rings (SSSR count). The molecule has 134 valence electrons. The van der Waals surface area contributed by atoms with Gasteiger partial charge in [0.25, 0.3) is 0 Å². The third kappa shape index (κ3) is 3.31. The van der Waals surface area contributed by atoms with E-state index >= 15 is 0 Å². The van der Waals surface area contributed by atoms with E-state index in [1.54, 1.807) is 10.7 Å². The Morgan fingerprint density at radius 1 is 1.35 bits per heavy atom. The average molecular weight is 351 g/mol. The molecule has 5 nitrogen and oxygen atoms in total. The molecule has 26 heavy (non-hydrogen) atoms. The molecule has 0 amide bonds. The maximum absolute atomic E-state index is 14.6.